The highest BCUT2D eigenvalue weighted by Crippen LogP contribution is 2.23. The van der Waals surface area contributed by atoms with Gasteiger partial charge in [0.05, 0.1) is 18.9 Å². The molecule has 3 aliphatic rings. The van der Waals surface area contributed by atoms with Crippen LogP contribution in [0.1, 0.15) is 47.2 Å². The SMILES string of the molecule is O=C(C[n+]1cc[n+]2c(c1)N=C(c1ccc(NC(=O)[C@@H]3CCCN3C(=O)Cc3ccccc3)cc1)C2=O)[C@@H]1CCCN1C(=O)Cc1ccccc1. The summed E-state index contributed by atoms with van der Waals surface area (Å²) in [4.78, 5) is 73.8. The quantitative estimate of drug-likeness (QED) is 0.260. The molecule has 0 unspecified atom stereocenters. The zero-order chi connectivity index (χ0) is 34.6. The lowest BCUT2D eigenvalue weighted by Gasteiger charge is -2.24. The number of hydrogen-bond acceptors (Lipinski definition) is 6. The number of likely N-dealkylation sites (tertiary alicyclic amines) is 2. The van der Waals surface area contributed by atoms with Crippen molar-refractivity contribution < 1.29 is 33.1 Å². The highest BCUT2D eigenvalue weighted by Gasteiger charge is 2.40. The number of nitrogens with zero attached hydrogens (tertiary/aromatic N) is 5. The van der Waals surface area contributed by atoms with Crippen molar-refractivity contribution in [3.63, 3.8) is 0 Å². The van der Waals surface area contributed by atoms with Crippen LogP contribution in [0.3, 0.4) is 0 Å². The van der Waals surface area contributed by atoms with E-state index in [1.165, 1.54) is 4.57 Å². The van der Waals surface area contributed by atoms with Crippen LogP contribution in [0, 0.1) is 0 Å². The number of anilines is 1. The lowest BCUT2D eigenvalue weighted by molar-refractivity contribution is -0.702. The molecule has 11 heteroatoms. The second-order valence-corrected chi connectivity index (χ2v) is 12.9. The molecule has 0 radical (unpaired) electrons. The first kappa shape index (κ1) is 32.7. The van der Waals surface area contributed by atoms with Crippen LogP contribution in [0.5, 0.6) is 0 Å². The molecule has 3 aromatic carbocycles. The Bertz CT molecular complexity index is 1980. The molecular formula is C39H38N6O5+2. The fourth-order valence-electron chi connectivity index (χ4n) is 7.00. The number of rotatable bonds is 10. The maximum atomic E-state index is 13.4. The molecule has 3 amide bonds. The van der Waals surface area contributed by atoms with Crippen LogP contribution in [0.2, 0.25) is 0 Å². The maximum absolute atomic E-state index is 13.4. The number of hydrogen-bond donors (Lipinski definition) is 1. The maximum Gasteiger partial charge on any atom is 0.396 e. The van der Waals surface area contributed by atoms with Gasteiger partial charge in [-0.2, -0.15) is 4.57 Å². The second kappa shape index (κ2) is 14.3. The molecule has 0 spiro atoms. The first-order valence-corrected chi connectivity index (χ1v) is 17.0. The van der Waals surface area contributed by atoms with E-state index in [0.717, 1.165) is 24.0 Å². The Kier molecular flexibility index (Phi) is 9.37. The third kappa shape index (κ3) is 6.98. The third-order valence-corrected chi connectivity index (χ3v) is 9.56. The minimum absolute atomic E-state index is 0.0529. The third-order valence-electron chi connectivity index (χ3n) is 9.56. The molecule has 7 rings (SSSR count). The molecule has 2 fully saturated rings. The van der Waals surface area contributed by atoms with E-state index >= 15 is 0 Å². The predicted octanol–water partition coefficient (Wildman–Crippen LogP) is 3.01. The van der Waals surface area contributed by atoms with E-state index in [1.54, 1.807) is 57.2 Å². The predicted molar refractivity (Wildman–Crippen MR) is 183 cm³/mol. The fraction of sp³-hybridized carbons (Fsp3) is 0.282. The highest BCUT2D eigenvalue weighted by molar-refractivity contribution is 6.44. The Morgan fingerprint density at radius 3 is 1.94 bits per heavy atom. The van der Waals surface area contributed by atoms with Gasteiger partial charge in [-0.25, -0.2) is 4.79 Å². The Balaban J connectivity index is 0.974. The van der Waals surface area contributed by atoms with Crippen LogP contribution in [-0.4, -0.2) is 70.1 Å². The zero-order valence-corrected chi connectivity index (χ0v) is 27.6. The van der Waals surface area contributed by atoms with Gasteiger partial charge in [0.2, 0.25) is 36.2 Å². The van der Waals surface area contributed by atoms with Crippen molar-refractivity contribution in [2.24, 2.45) is 4.99 Å². The summed E-state index contributed by atoms with van der Waals surface area (Å²) in [6, 6.07) is 24.9. The molecule has 2 saturated heterocycles. The van der Waals surface area contributed by atoms with Gasteiger partial charge in [-0.3, -0.25) is 19.2 Å². The molecule has 4 aromatic rings. The van der Waals surface area contributed by atoms with E-state index in [2.05, 4.69) is 10.3 Å². The number of Topliss-reactive ketones (excluding diaryl/α,β-unsaturated/α-hetero) is 1. The van der Waals surface area contributed by atoms with Crippen LogP contribution in [-0.2, 0) is 38.6 Å². The molecule has 0 aliphatic carbocycles. The van der Waals surface area contributed by atoms with Gasteiger partial charge >= 0.3 is 11.7 Å². The Morgan fingerprint density at radius 1 is 0.740 bits per heavy atom. The van der Waals surface area contributed by atoms with Crippen LogP contribution in [0.15, 0.2) is 109 Å². The van der Waals surface area contributed by atoms with Gasteiger partial charge in [0.25, 0.3) is 11.9 Å². The van der Waals surface area contributed by atoms with Crippen molar-refractivity contribution in [1.29, 1.82) is 0 Å². The molecular weight excluding hydrogens is 632 g/mol. The summed E-state index contributed by atoms with van der Waals surface area (Å²) < 4.78 is 3.12. The van der Waals surface area contributed by atoms with Crippen LogP contribution in [0.4, 0.5) is 11.5 Å². The first-order chi connectivity index (χ1) is 24.3. The summed E-state index contributed by atoms with van der Waals surface area (Å²) in [5.74, 6) is -0.342. The first-order valence-electron chi connectivity index (χ1n) is 17.0. The summed E-state index contributed by atoms with van der Waals surface area (Å²) in [6.45, 7) is 1.16. The number of aromatic nitrogens is 2. The van der Waals surface area contributed by atoms with Gasteiger partial charge in [-0.1, -0.05) is 60.7 Å². The molecule has 2 atom stereocenters. The Labute approximate surface area is 289 Å². The van der Waals surface area contributed by atoms with Crippen molar-refractivity contribution in [1.82, 2.24) is 9.80 Å². The average Bonchev–Trinajstić information content (AvgIpc) is 3.89. The van der Waals surface area contributed by atoms with Gasteiger partial charge in [0.1, 0.15) is 6.04 Å². The average molecular weight is 671 g/mol. The number of benzene rings is 3. The summed E-state index contributed by atoms with van der Waals surface area (Å²) in [5.41, 5.74) is 3.21. The highest BCUT2D eigenvalue weighted by atomic mass is 16.2. The van der Waals surface area contributed by atoms with E-state index in [9.17, 15) is 24.0 Å². The van der Waals surface area contributed by atoms with Crippen LogP contribution in [0.25, 0.3) is 0 Å². The van der Waals surface area contributed by atoms with Crippen molar-refractivity contribution in [3.05, 3.63) is 120 Å². The number of amides is 3. The Morgan fingerprint density at radius 2 is 1.32 bits per heavy atom. The number of nitrogens with one attached hydrogen (secondary N) is 1. The Hall–Kier alpha value is -5.84. The molecule has 1 N–H and O–H groups in total. The summed E-state index contributed by atoms with van der Waals surface area (Å²) in [7, 11) is 0. The summed E-state index contributed by atoms with van der Waals surface area (Å²) >= 11 is 0. The fourth-order valence-corrected chi connectivity index (χ4v) is 7.00. The molecule has 252 valence electrons. The van der Waals surface area contributed by atoms with Gasteiger partial charge in [0, 0.05) is 24.3 Å². The normalized spacial score (nSPS) is 18.2. The standard InChI is InChI=1S/C39H37N6O5/c46-33(31-13-7-19-43(31)35(47)23-27-9-3-1-4-10-27)25-42-21-22-45-34(26-42)41-37(39(45)50)29-15-17-30(18-16-29)40-38(49)32-14-8-20-44(32)36(48)24-28-11-5-2-6-12-28/h1-6,9-12,15-18,21-22,26,31-32H,7-8,13-14,19-20,23-25H2/q+1/p+1/t31-,32-/m0/s1. The minimum atomic E-state index is -0.539. The lowest BCUT2D eigenvalue weighted by atomic mass is 10.1. The zero-order valence-electron chi connectivity index (χ0n) is 27.6. The van der Waals surface area contributed by atoms with Crippen molar-refractivity contribution in [2.45, 2.75) is 57.2 Å². The van der Waals surface area contributed by atoms with Gasteiger partial charge in [0.15, 0.2) is 6.20 Å². The van der Waals surface area contributed by atoms with Gasteiger partial charge in [-0.05, 0) is 66.1 Å². The van der Waals surface area contributed by atoms with Gasteiger partial charge in [-0.15, -0.1) is 4.57 Å². The van der Waals surface area contributed by atoms with Crippen molar-refractivity contribution in [2.75, 3.05) is 18.4 Å². The summed E-state index contributed by atoms with van der Waals surface area (Å²) in [6.07, 6.45) is 8.20. The monoisotopic (exact) mass is 670 g/mol. The van der Waals surface area contributed by atoms with Gasteiger partial charge < -0.3 is 15.1 Å². The minimum Gasteiger partial charge on any atom is -0.332 e. The topological polar surface area (TPSA) is 124 Å². The molecule has 11 nitrogen and oxygen atoms in total. The lowest BCUT2D eigenvalue weighted by Crippen LogP contribution is -2.50. The van der Waals surface area contributed by atoms with E-state index in [4.69, 9.17) is 0 Å². The number of carbonyl (C=O) groups is 5. The second-order valence-electron chi connectivity index (χ2n) is 12.9. The number of aliphatic imine (C=N–C) groups is 1. The smallest absolute Gasteiger partial charge is 0.332 e. The molecule has 50 heavy (non-hydrogen) atoms. The van der Waals surface area contributed by atoms with Crippen molar-refractivity contribution in [3.8, 4) is 0 Å². The number of fused-ring (bicyclic) bond motifs is 1. The molecule has 3 aliphatic heterocycles. The van der Waals surface area contributed by atoms with E-state index in [0.29, 0.717) is 43.0 Å². The van der Waals surface area contributed by atoms with Crippen molar-refractivity contribution >= 4 is 46.6 Å². The molecule has 0 bridgehead atoms. The van der Waals surface area contributed by atoms with Crippen LogP contribution >= 0.6 is 0 Å². The largest absolute Gasteiger partial charge is 0.396 e. The summed E-state index contributed by atoms with van der Waals surface area (Å²) in [5, 5.41) is 2.93. The van der Waals surface area contributed by atoms with E-state index in [-0.39, 0.29) is 54.5 Å². The number of carbonyl (C=O) groups excluding carboxylic acids is 5. The molecule has 1 aromatic heterocycles. The number of ketones is 1. The molecule has 0 saturated carbocycles. The van der Waals surface area contributed by atoms with E-state index in [1.807, 2.05) is 60.7 Å². The van der Waals surface area contributed by atoms with Crippen LogP contribution < -0.4 is 14.5 Å². The van der Waals surface area contributed by atoms with E-state index < -0.39 is 12.1 Å². The molecule has 4 heterocycles.